The summed E-state index contributed by atoms with van der Waals surface area (Å²) in [6, 6.07) is 0. The zero-order valence-corrected chi connectivity index (χ0v) is 17.5. The Morgan fingerprint density at radius 3 is 1.48 bits per heavy atom. The maximum absolute atomic E-state index is 5.78. The second-order valence-corrected chi connectivity index (χ2v) is 13.4. The first-order valence-corrected chi connectivity index (χ1v) is 12.8. The fraction of sp³-hybridized carbons (Fsp3) is 1.00. The molecule has 0 N–H and O–H groups in total. The maximum Gasteiger partial charge on any atom is 0.337 e. The van der Waals surface area contributed by atoms with E-state index in [4.69, 9.17) is 17.7 Å². The van der Waals surface area contributed by atoms with E-state index in [1.807, 2.05) is 0 Å². The molecule has 21 heavy (non-hydrogen) atoms. The molecule has 0 aliphatic carbocycles. The number of rotatable bonds is 11. The van der Waals surface area contributed by atoms with Crippen molar-refractivity contribution in [1.82, 2.24) is 0 Å². The lowest BCUT2D eigenvalue weighted by Crippen LogP contribution is -2.46. The van der Waals surface area contributed by atoms with Gasteiger partial charge in [0.1, 0.15) is 0 Å². The smallest absolute Gasteiger partial charge is 0.337 e. The summed E-state index contributed by atoms with van der Waals surface area (Å²) in [5.41, 5.74) is 0.969. The van der Waals surface area contributed by atoms with Gasteiger partial charge in [0.2, 0.25) is 0 Å². The van der Waals surface area contributed by atoms with Crippen molar-refractivity contribution in [3.63, 3.8) is 0 Å². The van der Waals surface area contributed by atoms with E-state index in [2.05, 4.69) is 33.9 Å². The van der Waals surface area contributed by atoms with Crippen LogP contribution < -0.4 is 0 Å². The summed E-state index contributed by atoms with van der Waals surface area (Å²) in [6.07, 6.45) is 3.28. The zero-order valence-electron chi connectivity index (χ0n) is 15.5. The summed E-state index contributed by atoms with van der Waals surface area (Å²) in [5, 5.41) is 0. The standard InChI is InChI=1S/C15H36O4Si2/c1-10-14(20(8,16-4)17-5)12-13(3)15(11-2)21(9,18-6)19-7/h13-15H,10-12H2,1-9H3. The Morgan fingerprint density at radius 2 is 1.19 bits per heavy atom. The van der Waals surface area contributed by atoms with E-state index in [-0.39, 0.29) is 0 Å². The molecule has 0 aromatic rings. The third kappa shape index (κ3) is 5.15. The van der Waals surface area contributed by atoms with Gasteiger partial charge in [0.25, 0.3) is 0 Å². The highest BCUT2D eigenvalue weighted by Crippen LogP contribution is 2.42. The summed E-state index contributed by atoms with van der Waals surface area (Å²) in [5.74, 6) is 0.536. The van der Waals surface area contributed by atoms with Gasteiger partial charge >= 0.3 is 17.1 Å². The van der Waals surface area contributed by atoms with E-state index >= 15 is 0 Å². The first-order valence-electron chi connectivity index (χ1n) is 7.98. The van der Waals surface area contributed by atoms with Gasteiger partial charge in [-0.05, 0) is 25.4 Å². The fourth-order valence-electron chi connectivity index (χ4n) is 3.46. The first kappa shape index (κ1) is 21.3. The van der Waals surface area contributed by atoms with E-state index in [1.165, 1.54) is 0 Å². The molecular weight excluding hydrogens is 300 g/mol. The molecule has 0 rings (SSSR count). The molecule has 0 spiro atoms. The van der Waals surface area contributed by atoms with Gasteiger partial charge in [-0.1, -0.05) is 33.6 Å². The molecule has 0 saturated heterocycles. The van der Waals surface area contributed by atoms with E-state index in [0.29, 0.717) is 17.0 Å². The van der Waals surface area contributed by atoms with Crippen LogP contribution in [0.25, 0.3) is 0 Å². The predicted molar refractivity (Wildman–Crippen MR) is 93.1 cm³/mol. The molecule has 128 valence electrons. The van der Waals surface area contributed by atoms with Gasteiger partial charge in [-0.25, -0.2) is 0 Å². The Labute approximate surface area is 134 Å². The normalized spacial score (nSPS) is 17.6. The van der Waals surface area contributed by atoms with Crippen molar-refractivity contribution in [3.05, 3.63) is 0 Å². The van der Waals surface area contributed by atoms with Gasteiger partial charge in [-0.2, -0.15) is 0 Å². The van der Waals surface area contributed by atoms with E-state index in [0.717, 1.165) is 19.3 Å². The van der Waals surface area contributed by atoms with Crippen molar-refractivity contribution in [2.24, 2.45) is 5.92 Å². The molecule has 0 fully saturated rings. The van der Waals surface area contributed by atoms with E-state index in [9.17, 15) is 0 Å². The molecule has 4 nitrogen and oxygen atoms in total. The van der Waals surface area contributed by atoms with Gasteiger partial charge in [0.05, 0.1) is 0 Å². The molecule has 3 atom stereocenters. The molecule has 0 aliphatic heterocycles. The quantitative estimate of drug-likeness (QED) is 0.527. The minimum atomic E-state index is -2.12. The minimum Gasteiger partial charge on any atom is -0.398 e. The lowest BCUT2D eigenvalue weighted by atomic mass is 9.98. The molecular formula is C15H36O4Si2. The molecule has 0 bridgehead atoms. The topological polar surface area (TPSA) is 36.9 Å². The Balaban J connectivity index is 5.09. The Morgan fingerprint density at radius 1 is 0.762 bits per heavy atom. The summed E-state index contributed by atoms with van der Waals surface area (Å²) in [4.78, 5) is 0. The average Bonchev–Trinajstić information content (AvgIpc) is 2.51. The van der Waals surface area contributed by atoms with Gasteiger partial charge in [0.15, 0.2) is 0 Å². The average molecular weight is 337 g/mol. The Bertz CT molecular complexity index is 281. The maximum atomic E-state index is 5.78. The largest absolute Gasteiger partial charge is 0.398 e. The van der Waals surface area contributed by atoms with Gasteiger partial charge in [-0.15, -0.1) is 0 Å². The molecule has 0 aliphatic rings. The van der Waals surface area contributed by atoms with Gasteiger partial charge in [-0.3, -0.25) is 0 Å². The summed E-state index contributed by atoms with van der Waals surface area (Å²) in [6.45, 7) is 11.1. The van der Waals surface area contributed by atoms with E-state index in [1.54, 1.807) is 28.4 Å². The molecule has 6 heteroatoms. The van der Waals surface area contributed by atoms with Crippen LogP contribution in [0.1, 0.15) is 40.0 Å². The highest BCUT2D eigenvalue weighted by Gasteiger charge is 2.45. The number of hydrogen-bond acceptors (Lipinski definition) is 4. The molecule has 0 amide bonds. The summed E-state index contributed by atoms with van der Waals surface area (Å²) >= 11 is 0. The molecule has 0 saturated carbocycles. The van der Waals surface area contributed by atoms with Gasteiger partial charge < -0.3 is 17.7 Å². The van der Waals surface area contributed by atoms with Crippen LogP contribution in [-0.2, 0) is 17.7 Å². The van der Waals surface area contributed by atoms with Crippen molar-refractivity contribution in [3.8, 4) is 0 Å². The SMILES string of the molecule is CCC(CC(C)C(CC)[Si](C)(OC)OC)[Si](C)(OC)OC. The second kappa shape index (κ2) is 9.42. The van der Waals surface area contributed by atoms with Crippen LogP contribution in [-0.4, -0.2) is 45.6 Å². The summed E-state index contributed by atoms with van der Waals surface area (Å²) < 4.78 is 23.1. The molecule has 0 heterocycles. The van der Waals surface area contributed by atoms with Crippen LogP contribution in [0, 0.1) is 5.92 Å². The van der Waals surface area contributed by atoms with Crippen LogP contribution in [0.5, 0.6) is 0 Å². The van der Waals surface area contributed by atoms with Crippen LogP contribution in [0.4, 0.5) is 0 Å². The predicted octanol–water partition coefficient (Wildman–Crippen LogP) is 4.30. The lowest BCUT2D eigenvalue weighted by Gasteiger charge is -2.39. The van der Waals surface area contributed by atoms with Crippen molar-refractivity contribution >= 4 is 17.1 Å². The Hall–Kier alpha value is 0.274. The van der Waals surface area contributed by atoms with E-state index < -0.39 is 17.1 Å². The molecule has 0 aromatic carbocycles. The van der Waals surface area contributed by atoms with Crippen molar-refractivity contribution < 1.29 is 17.7 Å². The molecule has 0 radical (unpaired) electrons. The first-order chi connectivity index (χ1) is 9.78. The molecule has 3 unspecified atom stereocenters. The van der Waals surface area contributed by atoms with Crippen LogP contribution in [0.2, 0.25) is 24.2 Å². The monoisotopic (exact) mass is 336 g/mol. The lowest BCUT2D eigenvalue weighted by molar-refractivity contribution is 0.206. The second-order valence-electron chi connectivity index (χ2n) is 6.18. The number of hydrogen-bond donors (Lipinski definition) is 0. The van der Waals surface area contributed by atoms with Crippen LogP contribution in [0.15, 0.2) is 0 Å². The van der Waals surface area contributed by atoms with Crippen molar-refractivity contribution in [2.45, 2.75) is 64.2 Å². The Kier molecular flexibility index (Phi) is 9.54. The van der Waals surface area contributed by atoms with Crippen LogP contribution in [0.3, 0.4) is 0 Å². The fourth-order valence-corrected chi connectivity index (χ4v) is 8.52. The highest BCUT2D eigenvalue weighted by molar-refractivity contribution is 6.68. The van der Waals surface area contributed by atoms with Crippen molar-refractivity contribution in [2.75, 3.05) is 28.4 Å². The van der Waals surface area contributed by atoms with Crippen LogP contribution >= 0.6 is 0 Å². The molecule has 0 aromatic heterocycles. The summed E-state index contributed by atoms with van der Waals surface area (Å²) in [7, 11) is 2.92. The minimum absolute atomic E-state index is 0.480. The third-order valence-corrected chi connectivity index (χ3v) is 13.0. The highest BCUT2D eigenvalue weighted by atomic mass is 28.4. The van der Waals surface area contributed by atoms with Crippen molar-refractivity contribution in [1.29, 1.82) is 0 Å². The van der Waals surface area contributed by atoms with Gasteiger partial charge in [0, 0.05) is 39.5 Å². The third-order valence-electron chi connectivity index (χ3n) is 5.31. The zero-order chi connectivity index (χ0) is 16.7.